The van der Waals surface area contributed by atoms with Crippen molar-refractivity contribution in [3.8, 4) is 0 Å². The van der Waals surface area contributed by atoms with Gasteiger partial charge in [0.05, 0.1) is 5.56 Å². The number of nitrogens with one attached hydrogen (secondary N) is 1. The minimum absolute atomic E-state index is 0.0204. The summed E-state index contributed by atoms with van der Waals surface area (Å²) in [5.74, 6) is -0.776. The smallest absolute Gasteiger partial charge is 0.319 e. The fraction of sp³-hybridized carbons (Fsp3) is 0.696. The Labute approximate surface area is 185 Å². The number of carbonyl (C=O) groups is 1. The largest absolute Gasteiger partial charge is 0.416 e. The van der Waals surface area contributed by atoms with Crippen molar-refractivity contribution in [1.82, 2.24) is 10.4 Å². The van der Waals surface area contributed by atoms with Gasteiger partial charge in [0.15, 0.2) is 11.8 Å². The molecule has 2 bridgehead atoms. The Morgan fingerprint density at radius 3 is 2.50 bits per heavy atom. The van der Waals surface area contributed by atoms with E-state index in [1.54, 1.807) is 0 Å². The zero-order valence-corrected chi connectivity index (χ0v) is 18.4. The van der Waals surface area contributed by atoms with Crippen LogP contribution >= 0.6 is 0 Å². The Kier molecular flexibility index (Phi) is 5.13. The van der Waals surface area contributed by atoms with Gasteiger partial charge in [-0.2, -0.15) is 13.2 Å². The van der Waals surface area contributed by atoms with Crippen LogP contribution in [-0.4, -0.2) is 28.5 Å². The first-order valence-corrected chi connectivity index (χ1v) is 11.3. The van der Waals surface area contributed by atoms with Crippen molar-refractivity contribution in [3.05, 3.63) is 35.4 Å². The molecule has 5 aliphatic rings. The highest BCUT2D eigenvalue weighted by Crippen LogP contribution is 2.60. The maximum absolute atomic E-state index is 13.4. The minimum atomic E-state index is -4.38. The normalized spacial score (nSPS) is 41.4. The van der Waals surface area contributed by atoms with Gasteiger partial charge in [0.1, 0.15) is 0 Å². The summed E-state index contributed by atoms with van der Waals surface area (Å²) in [5.41, 5.74) is 2.31. The SMILES string of the molecule is C[C@@H]1CC[C@H]2[C@@H](C)C(=O)N(NCc3ccc(C(F)(F)F)cc3)[C@@H]3O[C@@]4(C)CC[C@@H]1[C@@]23OO4. The molecule has 4 saturated heterocycles. The van der Waals surface area contributed by atoms with Crippen LogP contribution in [0.2, 0.25) is 0 Å². The van der Waals surface area contributed by atoms with E-state index < -0.39 is 29.4 Å². The second-order valence-electron chi connectivity index (χ2n) is 9.96. The molecule has 6 nitrogen and oxygen atoms in total. The van der Waals surface area contributed by atoms with Crippen molar-refractivity contribution in [2.75, 3.05) is 0 Å². The Morgan fingerprint density at radius 2 is 1.81 bits per heavy atom. The maximum Gasteiger partial charge on any atom is 0.416 e. The lowest BCUT2D eigenvalue weighted by Crippen LogP contribution is -2.76. The Balaban J connectivity index is 1.45. The van der Waals surface area contributed by atoms with Gasteiger partial charge in [0.2, 0.25) is 11.7 Å². The van der Waals surface area contributed by atoms with Crippen LogP contribution < -0.4 is 5.43 Å². The zero-order valence-electron chi connectivity index (χ0n) is 18.4. The molecule has 1 aromatic rings. The predicted octanol–water partition coefficient (Wildman–Crippen LogP) is 4.40. The molecule has 32 heavy (non-hydrogen) atoms. The highest BCUT2D eigenvalue weighted by atomic mass is 19.4. The zero-order chi connectivity index (χ0) is 22.9. The van der Waals surface area contributed by atoms with Crippen LogP contribution in [0.4, 0.5) is 13.2 Å². The number of hydrogen-bond donors (Lipinski definition) is 1. The van der Waals surface area contributed by atoms with Crippen molar-refractivity contribution in [3.63, 3.8) is 0 Å². The first-order chi connectivity index (χ1) is 15.1. The molecule has 4 aliphatic heterocycles. The van der Waals surface area contributed by atoms with Gasteiger partial charge in [-0.1, -0.05) is 26.0 Å². The number of hydrazine groups is 1. The first kappa shape index (κ1) is 22.1. The summed E-state index contributed by atoms with van der Waals surface area (Å²) >= 11 is 0. The summed E-state index contributed by atoms with van der Waals surface area (Å²) in [6, 6.07) is 4.93. The van der Waals surface area contributed by atoms with Gasteiger partial charge in [0, 0.05) is 24.8 Å². The molecular formula is C23H29F3N2O4. The van der Waals surface area contributed by atoms with Gasteiger partial charge in [-0.05, 0) is 55.7 Å². The van der Waals surface area contributed by atoms with E-state index in [9.17, 15) is 18.0 Å². The van der Waals surface area contributed by atoms with Crippen LogP contribution in [0.5, 0.6) is 0 Å². The van der Waals surface area contributed by atoms with Crippen molar-refractivity contribution >= 4 is 5.91 Å². The lowest BCUT2D eigenvalue weighted by atomic mass is 9.57. The molecule has 1 amide bonds. The van der Waals surface area contributed by atoms with E-state index in [4.69, 9.17) is 14.5 Å². The number of amides is 1. The highest BCUT2D eigenvalue weighted by Gasteiger charge is 2.70. The van der Waals surface area contributed by atoms with E-state index in [0.717, 1.165) is 31.4 Å². The maximum atomic E-state index is 13.4. The second kappa shape index (κ2) is 7.41. The Bertz CT molecular complexity index is 894. The number of rotatable bonds is 3. The third kappa shape index (κ3) is 3.28. The molecule has 5 fully saturated rings. The number of carbonyl (C=O) groups excluding carboxylic acids is 1. The highest BCUT2D eigenvalue weighted by molar-refractivity contribution is 5.80. The van der Waals surface area contributed by atoms with Gasteiger partial charge in [-0.25, -0.2) is 20.2 Å². The van der Waals surface area contributed by atoms with Gasteiger partial charge in [-0.3, -0.25) is 4.79 Å². The third-order valence-corrected chi connectivity index (χ3v) is 8.00. The number of ether oxygens (including phenoxy) is 1. The molecule has 0 aromatic heterocycles. The molecule has 1 N–H and O–H groups in total. The van der Waals surface area contributed by atoms with Crippen LogP contribution in [0, 0.1) is 23.7 Å². The second-order valence-corrected chi connectivity index (χ2v) is 9.96. The molecule has 1 spiro atoms. The van der Waals surface area contributed by atoms with Gasteiger partial charge < -0.3 is 4.74 Å². The predicted molar refractivity (Wildman–Crippen MR) is 107 cm³/mol. The van der Waals surface area contributed by atoms with Crippen LogP contribution in [0.3, 0.4) is 0 Å². The number of halogens is 3. The summed E-state index contributed by atoms with van der Waals surface area (Å²) < 4.78 is 45.0. The first-order valence-electron chi connectivity index (χ1n) is 11.3. The summed E-state index contributed by atoms with van der Waals surface area (Å²) in [6.45, 7) is 6.15. The van der Waals surface area contributed by atoms with E-state index in [1.807, 2.05) is 13.8 Å². The van der Waals surface area contributed by atoms with E-state index in [0.29, 0.717) is 17.9 Å². The van der Waals surface area contributed by atoms with E-state index >= 15 is 0 Å². The van der Waals surface area contributed by atoms with Crippen molar-refractivity contribution < 1.29 is 32.5 Å². The molecule has 1 saturated carbocycles. The molecule has 7 atom stereocenters. The van der Waals surface area contributed by atoms with Crippen molar-refractivity contribution in [2.24, 2.45) is 23.7 Å². The molecule has 0 unspecified atom stereocenters. The number of nitrogens with zero attached hydrogens (tertiary/aromatic N) is 1. The molecule has 9 heteroatoms. The molecule has 176 valence electrons. The summed E-state index contributed by atoms with van der Waals surface area (Å²) in [6.07, 6.45) is -1.61. The fourth-order valence-electron chi connectivity index (χ4n) is 6.21. The van der Waals surface area contributed by atoms with Gasteiger partial charge in [0.25, 0.3) is 0 Å². The monoisotopic (exact) mass is 454 g/mol. The quantitative estimate of drug-likeness (QED) is 0.686. The van der Waals surface area contributed by atoms with Crippen molar-refractivity contribution in [1.29, 1.82) is 0 Å². The van der Waals surface area contributed by atoms with Crippen LogP contribution in [0.1, 0.15) is 57.6 Å². The summed E-state index contributed by atoms with van der Waals surface area (Å²) in [5, 5.41) is 1.51. The van der Waals surface area contributed by atoms with Crippen molar-refractivity contribution in [2.45, 2.75) is 76.8 Å². The summed E-state index contributed by atoms with van der Waals surface area (Å²) in [7, 11) is 0. The Morgan fingerprint density at radius 1 is 1.09 bits per heavy atom. The molecule has 1 aliphatic carbocycles. The van der Waals surface area contributed by atoms with Gasteiger partial charge in [-0.15, -0.1) is 0 Å². The van der Waals surface area contributed by atoms with E-state index in [2.05, 4.69) is 12.3 Å². The molecule has 6 rings (SSSR count). The number of hydrogen-bond acceptors (Lipinski definition) is 5. The topological polar surface area (TPSA) is 60.0 Å². The summed E-state index contributed by atoms with van der Waals surface area (Å²) in [4.78, 5) is 25.4. The Hall–Kier alpha value is -1.68. The molecule has 1 aromatic carbocycles. The minimum Gasteiger partial charge on any atom is -0.319 e. The lowest BCUT2D eigenvalue weighted by Gasteiger charge is -2.61. The molecule has 4 heterocycles. The third-order valence-electron chi connectivity index (χ3n) is 8.00. The lowest BCUT2D eigenvalue weighted by molar-refractivity contribution is -0.549. The fourth-order valence-corrected chi connectivity index (χ4v) is 6.21. The van der Waals surface area contributed by atoms with Crippen LogP contribution in [-0.2, 0) is 32.0 Å². The number of alkyl halides is 3. The molecule has 0 radical (unpaired) electrons. The average Bonchev–Trinajstić information content (AvgIpc) is 2.98. The van der Waals surface area contributed by atoms with Crippen LogP contribution in [0.25, 0.3) is 0 Å². The van der Waals surface area contributed by atoms with Crippen LogP contribution in [0.15, 0.2) is 24.3 Å². The van der Waals surface area contributed by atoms with Gasteiger partial charge >= 0.3 is 6.18 Å². The van der Waals surface area contributed by atoms with E-state index in [-0.39, 0.29) is 30.2 Å². The number of fused-ring (bicyclic) bond motifs is 2. The standard InChI is InChI=1S/C23H29F3N2O4/c1-13-4-9-18-14(2)19(29)28(27-12-15-5-7-16(8-6-15)23(24,25)26)20-22(18)17(13)10-11-21(3,30-20)31-32-22/h5-8,13-14,17-18,20,27H,4,9-12H2,1-3H3/t13-,14-,17+,18+,20-,21-,22-/m1/s1. The van der Waals surface area contributed by atoms with E-state index in [1.165, 1.54) is 17.1 Å². The number of piperidine rings is 1. The number of benzene rings is 1. The molecular weight excluding hydrogens is 425 g/mol. The average molecular weight is 454 g/mol.